The van der Waals surface area contributed by atoms with E-state index in [1.165, 1.54) is 28.1 Å². The monoisotopic (exact) mass is 363 g/mol. The first kappa shape index (κ1) is 20.8. The van der Waals surface area contributed by atoms with Crippen LogP contribution < -0.4 is 9.80 Å². The molecular formula is C24H33N3. The maximum absolute atomic E-state index is 3.96. The van der Waals surface area contributed by atoms with Crippen molar-refractivity contribution in [2.45, 2.75) is 20.0 Å². The Morgan fingerprint density at radius 1 is 0.778 bits per heavy atom. The Morgan fingerprint density at radius 3 is 1.48 bits per heavy atom. The predicted molar refractivity (Wildman–Crippen MR) is 120 cm³/mol. The van der Waals surface area contributed by atoms with E-state index in [1.807, 2.05) is 6.08 Å². The normalized spacial score (nSPS) is 11.6. The van der Waals surface area contributed by atoms with Gasteiger partial charge in [0.2, 0.25) is 0 Å². The van der Waals surface area contributed by atoms with Gasteiger partial charge in [-0.05, 0) is 47.9 Å². The Bertz CT molecular complexity index is 687. The molecule has 2 rings (SSSR count). The van der Waals surface area contributed by atoms with Gasteiger partial charge in [0.15, 0.2) is 0 Å². The molecule has 2 aromatic carbocycles. The lowest BCUT2D eigenvalue weighted by Gasteiger charge is -2.24. The molecule has 0 N–H and O–H groups in total. The van der Waals surface area contributed by atoms with Crippen molar-refractivity contribution in [3.8, 4) is 0 Å². The summed E-state index contributed by atoms with van der Waals surface area (Å²) in [7, 11) is 8.28. The van der Waals surface area contributed by atoms with E-state index in [4.69, 9.17) is 0 Å². The van der Waals surface area contributed by atoms with Gasteiger partial charge < -0.3 is 9.80 Å². The lowest BCUT2D eigenvalue weighted by molar-refractivity contribution is 0.281. The number of allylic oxidation sites excluding steroid dienone is 1. The molecule has 0 saturated carbocycles. The zero-order valence-electron chi connectivity index (χ0n) is 17.4. The molecule has 27 heavy (non-hydrogen) atoms. The summed E-state index contributed by atoms with van der Waals surface area (Å²) >= 11 is 0. The number of hydrogen-bond donors (Lipinski definition) is 0. The highest BCUT2D eigenvalue weighted by Gasteiger charge is 2.09. The molecule has 0 atom stereocenters. The van der Waals surface area contributed by atoms with Gasteiger partial charge in [-0.3, -0.25) is 4.90 Å². The fourth-order valence-electron chi connectivity index (χ4n) is 3.01. The van der Waals surface area contributed by atoms with E-state index in [9.17, 15) is 0 Å². The lowest BCUT2D eigenvalue weighted by atomic mass is 10.1. The van der Waals surface area contributed by atoms with Gasteiger partial charge in [0, 0.05) is 59.2 Å². The highest BCUT2D eigenvalue weighted by molar-refractivity contribution is 5.47. The van der Waals surface area contributed by atoms with Gasteiger partial charge in [0.1, 0.15) is 0 Å². The molecular weight excluding hydrogens is 330 g/mol. The standard InChI is InChI=1S/C24H33N3/c1-7-20(8-2)17-27(18-21-9-13-23(14-10-21)25(3)4)19-22-11-15-24(16-12-22)26(5)6/h7-16H,1,17-19H2,2-6H3/b20-8+. The molecule has 0 aliphatic heterocycles. The van der Waals surface area contributed by atoms with Crippen LogP contribution in [0.2, 0.25) is 0 Å². The van der Waals surface area contributed by atoms with E-state index in [0.717, 1.165) is 19.6 Å². The average Bonchev–Trinajstić information content (AvgIpc) is 2.66. The van der Waals surface area contributed by atoms with Crippen LogP contribution >= 0.6 is 0 Å². The first-order valence-corrected chi connectivity index (χ1v) is 9.45. The van der Waals surface area contributed by atoms with Crippen molar-refractivity contribution >= 4 is 11.4 Å². The maximum atomic E-state index is 3.96. The van der Waals surface area contributed by atoms with Crippen molar-refractivity contribution in [1.82, 2.24) is 4.90 Å². The van der Waals surface area contributed by atoms with Crippen molar-refractivity contribution in [3.63, 3.8) is 0 Å². The molecule has 0 heterocycles. The van der Waals surface area contributed by atoms with Gasteiger partial charge in [-0.25, -0.2) is 0 Å². The Morgan fingerprint density at radius 2 is 1.19 bits per heavy atom. The Balaban J connectivity index is 2.16. The molecule has 3 heteroatoms. The van der Waals surface area contributed by atoms with Crippen LogP contribution in [0.25, 0.3) is 0 Å². The maximum Gasteiger partial charge on any atom is 0.0361 e. The molecule has 0 unspecified atom stereocenters. The number of nitrogens with zero attached hydrogens (tertiary/aromatic N) is 3. The number of rotatable bonds is 9. The fourth-order valence-corrected chi connectivity index (χ4v) is 3.01. The van der Waals surface area contributed by atoms with Crippen LogP contribution in [0.1, 0.15) is 18.1 Å². The number of anilines is 2. The summed E-state index contributed by atoms with van der Waals surface area (Å²) in [6.07, 6.45) is 4.10. The molecule has 2 aromatic rings. The van der Waals surface area contributed by atoms with Crippen LogP contribution in [-0.4, -0.2) is 39.6 Å². The lowest BCUT2D eigenvalue weighted by Crippen LogP contribution is -2.25. The topological polar surface area (TPSA) is 9.72 Å². The van der Waals surface area contributed by atoms with Gasteiger partial charge in [-0.15, -0.1) is 0 Å². The van der Waals surface area contributed by atoms with Crippen molar-refractivity contribution in [2.75, 3.05) is 44.5 Å². The third-order valence-electron chi connectivity index (χ3n) is 4.76. The van der Waals surface area contributed by atoms with Crippen LogP contribution in [-0.2, 0) is 13.1 Å². The van der Waals surface area contributed by atoms with E-state index in [-0.39, 0.29) is 0 Å². The zero-order valence-corrected chi connectivity index (χ0v) is 17.4. The molecule has 0 aliphatic rings. The van der Waals surface area contributed by atoms with Crippen LogP contribution in [0.15, 0.2) is 72.8 Å². The van der Waals surface area contributed by atoms with E-state index >= 15 is 0 Å². The van der Waals surface area contributed by atoms with Gasteiger partial charge in [-0.1, -0.05) is 43.0 Å². The summed E-state index contributed by atoms with van der Waals surface area (Å²) in [5.41, 5.74) is 6.36. The summed E-state index contributed by atoms with van der Waals surface area (Å²) in [5, 5.41) is 0. The summed E-state index contributed by atoms with van der Waals surface area (Å²) in [5.74, 6) is 0. The molecule has 3 nitrogen and oxygen atoms in total. The number of benzene rings is 2. The second-order valence-electron chi connectivity index (χ2n) is 7.33. The van der Waals surface area contributed by atoms with E-state index < -0.39 is 0 Å². The van der Waals surface area contributed by atoms with E-state index in [1.54, 1.807) is 0 Å². The SMILES string of the molecule is C=C/C(=C\C)CN(Cc1ccc(N(C)C)cc1)Cc1ccc(N(C)C)cc1. The minimum Gasteiger partial charge on any atom is -0.378 e. The van der Waals surface area contributed by atoms with Crippen LogP contribution in [0.4, 0.5) is 11.4 Å². The van der Waals surface area contributed by atoms with Crippen molar-refractivity contribution in [3.05, 3.63) is 84.0 Å². The molecule has 0 bridgehead atoms. The third-order valence-corrected chi connectivity index (χ3v) is 4.76. The summed E-state index contributed by atoms with van der Waals surface area (Å²) in [6, 6.07) is 17.6. The first-order chi connectivity index (χ1) is 12.9. The second kappa shape index (κ2) is 9.98. The Kier molecular flexibility index (Phi) is 7.68. The van der Waals surface area contributed by atoms with Crippen molar-refractivity contribution in [2.24, 2.45) is 0 Å². The van der Waals surface area contributed by atoms with Crippen LogP contribution in [0.3, 0.4) is 0 Å². The highest BCUT2D eigenvalue weighted by Crippen LogP contribution is 2.18. The quantitative estimate of drug-likeness (QED) is 0.584. The Hall–Kier alpha value is -2.52. The molecule has 0 spiro atoms. The van der Waals surface area contributed by atoms with Gasteiger partial charge in [0.05, 0.1) is 0 Å². The average molecular weight is 364 g/mol. The predicted octanol–water partition coefficient (Wildman–Crippen LogP) is 4.95. The molecule has 0 aliphatic carbocycles. The van der Waals surface area contributed by atoms with Gasteiger partial charge >= 0.3 is 0 Å². The summed E-state index contributed by atoms with van der Waals surface area (Å²) in [6.45, 7) is 8.75. The van der Waals surface area contributed by atoms with Crippen LogP contribution in [0.5, 0.6) is 0 Å². The molecule has 144 valence electrons. The molecule has 0 aromatic heterocycles. The molecule has 0 radical (unpaired) electrons. The molecule has 0 fully saturated rings. The van der Waals surface area contributed by atoms with Gasteiger partial charge in [0.25, 0.3) is 0 Å². The largest absolute Gasteiger partial charge is 0.378 e. The van der Waals surface area contributed by atoms with Crippen molar-refractivity contribution < 1.29 is 0 Å². The highest BCUT2D eigenvalue weighted by atomic mass is 15.1. The number of hydrogen-bond acceptors (Lipinski definition) is 3. The zero-order chi connectivity index (χ0) is 19.8. The molecule has 0 saturated heterocycles. The van der Waals surface area contributed by atoms with Gasteiger partial charge in [-0.2, -0.15) is 0 Å². The third kappa shape index (κ3) is 6.30. The van der Waals surface area contributed by atoms with E-state index in [2.05, 4.69) is 111 Å². The summed E-state index contributed by atoms with van der Waals surface area (Å²) < 4.78 is 0. The Labute approximate surface area is 165 Å². The van der Waals surface area contributed by atoms with E-state index in [0.29, 0.717) is 0 Å². The minimum atomic E-state index is 0.894. The van der Waals surface area contributed by atoms with Crippen LogP contribution in [0, 0.1) is 0 Å². The molecule has 0 amide bonds. The first-order valence-electron chi connectivity index (χ1n) is 9.45. The smallest absolute Gasteiger partial charge is 0.0361 e. The fraction of sp³-hybridized carbons (Fsp3) is 0.333. The second-order valence-corrected chi connectivity index (χ2v) is 7.33. The summed E-state index contributed by atoms with van der Waals surface area (Å²) in [4.78, 5) is 6.72. The minimum absolute atomic E-state index is 0.894. The van der Waals surface area contributed by atoms with Crippen molar-refractivity contribution in [1.29, 1.82) is 0 Å².